The lowest BCUT2D eigenvalue weighted by molar-refractivity contribution is 0.0881. The topological polar surface area (TPSA) is 41.7 Å². The van der Waals surface area contributed by atoms with Crippen LogP contribution in [0.25, 0.3) is 0 Å². The number of ether oxygens (including phenoxy) is 1. The normalized spacial score (nSPS) is 20.2. The van der Waals surface area contributed by atoms with Crippen LogP contribution < -0.4 is 5.73 Å². The molecule has 0 aliphatic carbocycles. The molecule has 0 aromatic rings. The van der Waals surface area contributed by atoms with Crippen molar-refractivity contribution in [3.63, 3.8) is 0 Å². The van der Waals surface area contributed by atoms with Crippen LogP contribution >= 0.6 is 0 Å². The molecule has 1 heterocycles. The van der Waals surface area contributed by atoms with E-state index in [0.29, 0.717) is 6.04 Å². The van der Waals surface area contributed by atoms with Crippen LogP contribution in [0.4, 0.5) is 0 Å². The molecule has 1 aliphatic rings. The summed E-state index contributed by atoms with van der Waals surface area (Å²) in [6, 6.07) is 0.700. The summed E-state index contributed by atoms with van der Waals surface area (Å²) in [4.78, 5) is 5.21. The number of unbranched alkanes of at least 4 members (excludes halogenated alkanes) is 1. The summed E-state index contributed by atoms with van der Waals surface area (Å²) >= 11 is 0. The number of hydrogen-bond acceptors (Lipinski definition) is 4. The Kier molecular flexibility index (Phi) is 8.59. The van der Waals surface area contributed by atoms with E-state index in [-0.39, 0.29) is 0 Å². The van der Waals surface area contributed by atoms with Crippen molar-refractivity contribution < 1.29 is 4.74 Å². The Morgan fingerprint density at radius 2 is 1.89 bits per heavy atom. The van der Waals surface area contributed by atoms with Gasteiger partial charge >= 0.3 is 0 Å². The van der Waals surface area contributed by atoms with E-state index in [9.17, 15) is 0 Å². The maximum absolute atomic E-state index is 5.68. The van der Waals surface area contributed by atoms with Gasteiger partial charge in [-0.3, -0.25) is 4.90 Å². The van der Waals surface area contributed by atoms with Gasteiger partial charge in [0.15, 0.2) is 0 Å². The van der Waals surface area contributed by atoms with Crippen LogP contribution in [0.15, 0.2) is 0 Å². The fourth-order valence-electron chi connectivity index (χ4n) is 2.77. The molecule has 4 nitrogen and oxygen atoms in total. The van der Waals surface area contributed by atoms with Gasteiger partial charge in [0.2, 0.25) is 0 Å². The van der Waals surface area contributed by atoms with Crippen LogP contribution in [-0.4, -0.2) is 68.8 Å². The number of piperazine rings is 1. The molecule has 1 rings (SSSR count). The van der Waals surface area contributed by atoms with Crippen molar-refractivity contribution in [3.05, 3.63) is 0 Å². The second kappa shape index (κ2) is 9.73. The number of nitrogens with two attached hydrogens (primary N) is 1. The largest absolute Gasteiger partial charge is 0.385 e. The third-order valence-corrected chi connectivity index (χ3v) is 3.97. The summed E-state index contributed by atoms with van der Waals surface area (Å²) in [5.74, 6) is 0. The third-order valence-electron chi connectivity index (χ3n) is 3.97. The van der Waals surface area contributed by atoms with Crippen molar-refractivity contribution in [2.45, 2.75) is 38.6 Å². The fraction of sp³-hybridized carbons (Fsp3) is 1.00. The maximum Gasteiger partial charge on any atom is 0.0462 e. The van der Waals surface area contributed by atoms with E-state index in [1.165, 1.54) is 52.0 Å². The summed E-state index contributed by atoms with van der Waals surface area (Å²) in [7, 11) is 1.78. The van der Waals surface area contributed by atoms with Crippen LogP contribution in [0, 0.1) is 0 Å². The number of nitrogens with zero attached hydrogens (tertiary/aromatic N) is 2. The standard InChI is InChI=1S/C14H31N3O/c1-3-14(6-7-15)17-11-9-16(10-12-17)8-4-5-13-18-2/h14H,3-13,15H2,1-2H3. The van der Waals surface area contributed by atoms with Gasteiger partial charge in [0, 0.05) is 45.9 Å². The summed E-state index contributed by atoms with van der Waals surface area (Å²) in [6.07, 6.45) is 4.81. The quantitative estimate of drug-likeness (QED) is 0.629. The van der Waals surface area contributed by atoms with E-state index in [0.717, 1.165) is 19.6 Å². The zero-order chi connectivity index (χ0) is 13.2. The van der Waals surface area contributed by atoms with Crippen molar-refractivity contribution in [2.75, 3.05) is 53.0 Å². The van der Waals surface area contributed by atoms with E-state index in [1.807, 2.05) is 0 Å². The summed E-state index contributed by atoms with van der Waals surface area (Å²) < 4.78 is 5.08. The van der Waals surface area contributed by atoms with Gasteiger partial charge in [-0.25, -0.2) is 0 Å². The second-order valence-corrected chi connectivity index (χ2v) is 5.22. The highest BCUT2D eigenvalue weighted by Crippen LogP contribution is 2.12. The van der Waals surface area contributed by atoms with Gasteiger partial charge in [0.25, 0.3) is 0 Å². The lowest BCUT2D eigenvalue weighted by Gasteiger charge is -2.39. The molecule has 4 heteroatoms. The number of methoxy groups -OCH3 is 1. The molecular weight excluding hydrogens is 226 g/mol. The van der Waals surface area contributed by atoms with Gasteiger partial charge in [0.05, 0.1) is 0 Å². The van der Waals surface area contributed by atoms with Crippen LogP contribution in [0.5, 0.6) is 0 Å². The average Bonchev–Trinajstić information content (AvgIpc) is 2.42. The van der Waals surface area contributed by atoms with E-state index in [2.05, 4.69) is 16.7 Å². The Morgan fingerprint density at radius 1 is 1.17 bits per heavy atom. The van der Waals surface area contributed by atoms with E-state index >= 15 is 0 Å². The minimum absolute atomic E-state index is 0.700. The molecule has 1 unspecified atom stereocenters. The first kappa shape index (κ1) is 15.9. The number of hydrogen-bond donors (Lipinski definition) is 1. The molecule has 0 aromatic carbocycles. The molecule has 1 atom stereocenters. The molecule has 0 saturated carbocycles. The first-order valence-electron chi connectivity index (χ1n) is 7.47. The maximum atomic E-state index is 5.68. The molecule has 18 heavy (non-hydrogen) atoms. The van der Waals surface area contributed by atoms with E-state index in [4.69, 9.17) is 10.5 Å². The van der Waals surface area contributed by atoms with Crippen LogP contribution in [0.1, 0.15) is 32.6 Å². The first-order chi connectivity index (χ1) is 8.81. The van der Waals surface area contributed by atoms with Crippen molar-refractivity contribution >= 4 is 0 Å². The van der Waals surface area contributed by atoms with Crippen LogP contribution in [-0.2, 0) is 4.74 Å². The van der Waals surface area contributed by atoms with E-state index < -0.39 is 0 Å². The van der Waals surface area contributed by atoms with Gasteiger partial charge in [0.1, 0.15) is 0 Å². The van der Waals surface area contributed by atoms with Crippen LogP contribution in [0.3, 0.4) is 0 Å². The molecule has 0 spiro atoms. The third kappa shape index (κ3) is 5.65. The summed E-state index contributed by atoms with van der Waals surface area (Å²) in [5.41, 5.74) is 5.68. The summed E-state index contributed by atoms with van der Waals surface area (Å²) in [5, 5.41) is 0. The number of rotatable bonds is 9. The zero-order valence-electron chi connectivity index (χ0n) is 12.2. The van der Waals surface area contributed by atoms with E-state index in [1.54, 1.807) is 7.11 Å². The molecule has 0 aromatic heterocycles. The zero-order valence-corrected chi connectivity index (χ0v) is 12.2. The highest BCUT2D eigenvalue weighted by atomic mass is 16.5. The van der Waals surface area contributed by atoms with Crippen molar-refractivity contribution in [1.29, 1.82) is 0 Å². The van der Waals surface area contributed by atoms with Crippen molar-refractivity contribution in [2.24, 2.45) is 5.73 Å². The van der Waals surface area contributed by atoms with Gasteiger partial charge in [-0.1, -0.05) is 6.92 Å². The Bertz CT molecular complexity index is 193. The Labute approximate surface area is 112 Å². The van der Waals surface area contributed by atoms with Gasteiger partial charge in [-0.05, 0) is 38.8 Å². The molecule has 1 saturated heterocycles. The molecule has 108 valence electrons. The highest BCUT2D eigenvalue weighted by Gasteiger charge is 2.21. The molecule has 1 fully saturated rings. The van der Waals surface area contributed by atoms with Gasteiger partial charge in [-0.2, -0.15) is 0 Å². The molecule has 1 aliphatic heterocycles. The predicted octanol–water partition coefficient (Wildman–Crippen LogP) is 1.16. The van der Waals surface area contributed by atoms with Gasteiger partial charge < -0.3 is 15.4 Å². The minimum atomic E-state index is 0.700. The molecule has 0 radical (unpaired) electrons. The minimum Gasteiger partial charge on any atom is -0.385 e. The molecule has 2 N–H and O–H groups in total. The SMILES string of the molecule is CCC(CCN)N1CCN(CCCCOC)CC1. The summed E-state index contributed by atoms with van der Waals surface area (Å²) in [6.45, 7) is 10.1. The van der Waals surface area contributed by atoms with Crippen molar-refractivity contribution in [3.8, 4) is 0 Å². The average molecular weight is 257 g/mol. The fourth-order valence-corrected chi connectivity index (χ4v) is 2.77. The molecular formula is C14H31N3O. The smallest absolute Gasteiger partial charge is 0.0462 e. The molecule has 0 bridgehead atoms. The van der Waals surface area contributed by atoms with Crippen molar-refractivity contribution in [1.82, 2.24) is 9.80 Å². The Morgan fingerprint density at radius 3 is 2.44 bits per heavy atom. The van der Waals surface area contributed by atoms with Gasteiger partial charge in [-0.15, -0.1) is 0 Å². The highest BCUT2D eigenvalue weighted by molar-refractivity contribution is 4.78. The predicted molar refractivity (Wildman–Crippen MR) is 76.9 cm³/mol. The monoisotopic (exact) mass is 257 g/mol. The Balaban J connectivity index is 2.15. The lowest BCUT2D eigenvalue weighted by atomic mass is 10.1. The van der Waals surface area contributed by atoms with Crippen LogP contribution in [0.2, 0.25) is 0 Å². The first-order valence-corrected chi connectivity index (χ1v) is 7.47. The second-order valence-electron chi connectivity index (χ2n) is 5.22. The molecule has 0 amide bonds. The lowest BCUT2D eigenvalue weighted by Crippen LogP contribution is -2.50. The Hall–Kier alpha value is -0.160.